The lowest BCUT2D eigenvalue weighted by molar-refractivity contribution is 0.102. The lowest BCUT2D eigenvalue weighted by atomic mass is 10.0. The minimum atomic E-state index is -3.17. The average molecular weight is 479 g/mol. The Hall–Kier alpha value is -3.59. The molecule has 174 valence electrons. The van der Waals surface area contributed by atoms with Gasteiger partial charge in [-0.1, -0.05) is 30.3 Å². The van der Waals surface area contributed by atoms with E-state index in [9.17, 15) is 17.6 Å². The molecule has 0 saturated carbocycles. The first-order chi connectivity index (χ1) is 16.2. The third-order valence-electron chi connectivity index (χ3n) is 6.18. The first-order valence-corrected chi connectivity index (χ1v) is 12.8. The number of carbonyl (C=O) groups is 1. The Morgan fingerprint density at radius 1 is 1.12 bits per heavy atom. The van der Waals surface area contributed by atoms with Gasteiger partial charge in [-0.05, 0) is 50.1 Å². The molecule has 0 aliphatic carbocycles. The van der Waals surface area contributed by atoms with Gasteiger partial charge in [0.05, 0.1) is 39.9 Å². The number of hydrogen-bond acceptors (Lipinski definition) is 5. The van der Waals surface area contributed by atoms with Crippen LogP contribution in [0.5, 0.6) is 0 Å². The molecular weight excluding hydrogens is 455 g/mol. The van der Waals surface area contributed by atoms with Gasteiger partial charge in [0.25, 0.3) is 5.91 Å². The Morgan fingerprint density at radius 3 is 2.56 bits per heavy atom. The summed E-state index contributed by atoms with van der Waals surface area (Å²) in [6.45, 7) is 3.66. The minimum Gasteiger partial charge on any atom is -0.322 e. The van der Waals surface area contributed by atoms with Crippen molar-refractivity contribution in [2.45, 2.75) is 26.3 Å². The molecule has 2 aromatic carbocycles. The molecule has 3 heterocycles. The normalized spacial score (nSPS) is 17.2. The Balaban J connectivity index is 1.71. The smallest absolute Gasteiger partial charge is 0.256 e. The van der Waals surface area contributed by atoms with Crippen molar-refractivity contribution in [2.24, 2.45) is 0 Å². The molecule has 1 amide bonds. The quantitative estimate of drug-likeness (QED) is 0.467. The predicted molar refractivity (Wildman–Crippen MR) is 129 cm³/mol. The van der Waals surface area contributed by atoms with Crippen LogP contribution in [-0.4, -0.2) is 40.6 Å². The molecule has 0 spiro atoms. The fourth-order valence-electron chi connectivity index (χ4n) is 4.42. The van der Waals surface area contributed by atoms with Gasteiger partial charge in [-0.3, -0.25) is 4.79 Å². The standard InChI is InChI=1S/C25H23FN4O3S/c1-15-7-3-6-10-21(15)28-25(31)19-13-22(18-8-4-5-9-20(18)26)27-24-23(19)16(2)29-30(24)17-11-12-34(32,33)14-17/h3-10,13,17H,11-12,14H2,1-2H3,(H,28,31). The first-order valence-electron chi connectivity index (χ1n) is 11.0. The van der Waals surface area contributed by atoms with E-state index in [-0.39, 0.29) is 28.7 Å². The van der Waals surface area contributed by atoms with E-state index in [0.717, 1.165) is 5.56 Å². The summed E-state index contributed by atoms with van der Waals surface area (Å²) in [7, 11) is -3.17. The molecule has 9 heteroatoms. The van der Waals surface area contributed by atoms with Crippen molar-refractivity contribution in [1.29, 1.82) is 0 Å². The van der Waals surface area contributed by atoms with Gasteiger partial charge in [-0.2, -0.15) is 5.10 Å². The van der Waals surface area contributed by atoms with E-state index < -0.39 is 21.7 Å². The van der Waals surface area contributed by atoms with E-state index in [2.05, 4.69) is 15.4 Å². The molecule has 0 bridgehead atoms. The van der Waals surface area contributed by atoms with Crippen LogP contribution in [0, 0.1) is 19.7 Å². The fraction of sp³-hybridized carbons (Fsp3) is 0.240. The van der Waals surface area contributed by atoms with Crippen molar-refractivity contribution in [3.63, 3.8) is 0 Å². The van der Waals surface area contributed by atoms with E-state index in [4.69, 9.17) is 0 Å². The Bertz CT molecular complexity index is 1550. The summed E-state index contributed by atoms with van der Waals surface area (Å²) >= 11 is 0. The lowest BCUT2D eigenvalue weighted by Gasteiger charge is -2.13. The molecule has 0 radical (unpaired) electrons. The zero-order chi connectivity index (χ0) is 24.0. The van der Waals surface area contributed by atoms with Crippen LogP contribution in [0.25, 0.3) is 22.3 Å². The minimum absolute atomic E-state index is 0.0421. The Kier molecular flexibility index (Phi) is 5.44. The zero-order valence-electron chi connectivity index (χ0n) is 18.7. The predicted octanol–water partition coefficient (Wildman–Crippen LogP) is 4.47. The van der Waals surface area contributed by atoms with Gasteiger partial charge < -0.3 is 5.32 Å². The second-order valence-corrected chi connectivity index (χ2v) is 10.8. The van der Waals surface area contributed by atoms with E-state index in [1.165, 1.54) is 6.07 Å². The number of rotatable bonds is 4. The molecule has 4 aromatic rings. The highest BCUT2D eigenvalue weighted by molar-refractivity contribution is 7.91. The van der Waals surface area contributed by atoms with Gasteiger partial charge in [0.15, 0.2) is 15.5 Å². The average Bonchev–Trinajstić information content (AvgIpc) is 3.33. The summed E-state index contributed by atoms with van der Waals surface area (Å²) < 4.78 is 40.5. The summed E-state index contributed by atoms with van der Waals surface area (Å²) in [6.07, 6.45) is 0.412. The van der Waals surface area contributed by atoms with E-state index in [0.29, 0.717) is 34.4 Å². The van der Waals surface area contributed by atoms with Crippen LogP contribution in [0.15, 0.2) is 54.6 Å². The van der Waals surface area contributed by atoms with Gasteiger partial charge in [-0.15, -0.1) is 0 Å². The molecule has 5 rings (SSSR count). The number of aryl methyl sites for hydroxylation is 2. The molecule has 7 nitrogen and oxygen atoms in total. The first kappa shape index (κ1) is 22.2. The maximum atomic E-state index is 14.7. The molecule has 1 unspecified atom stereocenters. The molecule has 2 aromatic heterocycles. The third kappa shape index (κ3) is 3.96. The molecule has 1 aliphatic heterocycles. The molecule has 1 N–H and O–H groups in total. The number of amides is 1. The fourth-order valence-corrected chi connectivity index (χ4v) is 6.12. The van der Waals surface area contributed by atoms with Crippen LogP contribution in [0.3, 0.4) is 0 Å². The van der Waals surface area contributed by atoms with Crippen LogP contribution >= 0.6 is 0 Å². The molecule has 1 atom stereocenters. The molecule has 1 aliphatic rings. The van der Waals surface area contributed by atoms with Gasteiger partial charge in [0.2, 0.25) is 0 Å². The van der Waals surface area contributed by atoms with Gasteiger partial charge in [0, 0.05) is 11.3 Å². The van der Waals surface area contributed by atoms with Crippen LogP contribution in [0.1, 0.15) is 34.1 Å². The highest BCUT2D eigenvalue weighted by atomic mass is 32.2. The van der Waals surface area contributed by atoms with Gasteiger partial charge in [0.1, 0.15) is 5.82 Å². The van der Waals surface area contributed by atoms with E-state index in [1.54, 1.807) is 35.9 Å². The summed E-state index contributed by atoms with van der Waals surface area (Å²) in [6, 6.07) is 14.8. The largest absolute Gasteiger partial charge is 0.322 e. The van der Waals surface area contributed by atoms with Crippen molar-refractivity contribution in [3.8, 4) is 11.3 Å². The molecule has 1 fully saturated rings. The van der Waals surface area contributed by atoms with Crippen molar-refractivity contribution in [3.05, 3.63) is 77.2 Å². The van der Waals surface area contributed by atoms with Gasteiger partial charge >= 0.3 is 0 Å². The zero-order valence-corrected chi connectivity index (χ0v) is 19.6. The number of nitrogens with zero attached hydrogens (tertiary/aromatic N) is 3. The SMILES string of the molecule is Cc1ccccc1NC(=O)c1cc(-c2ccccc2F)nc2c1c(C)nn2C1CCS(=O)(=O)C1. The number of fused-ring (bicyclic) bond motifs is 1. The number of hydrogen-bond donors (Lipinski definition) is 1. The summed E-state index contributed by atoms with van der Waals surface area (Å²) in [4.78, 5) is 18.1. The summed E-state index contributed by atoms with van der Waals surface area (Å²) in [5, 5.41) is 8.04. The number of anilines is 1. The van der Waals surface area contributed by atoms with Crippen LogP contribution in [-0.2, 0) is 9.84 Å². The van der Waals surface area contributed by atoms with Crippen LogP contribution in [0.2, 0.25) is 0 Å². The summed E-state index contributed by atoms with van der Waals surface area (Å²) in [5.41, 5.74) is 3.32. The topological polar surface area (TPSA) is 93.9 Å². The highest BCUT2D eigenvalue weighted by Crippen LogP contribution is 2.33. The second kappa shape index (κ2) is 8.32. The number of pyridine rings is 1. The van der Waals surface area contributed by atoms with Crippen LogP contribution in [0.4, 0.5) is 10.1 Å². The maximum Gasteiger partial charge on any atom is 0.256 e. The number of benzene rings is 2. The lowest BCUT2D eigenvalue weighted by Crippen LogP contribution is -2.15. The summed E-state index contributed by atoms with van der Waals surface area (Å²) in [5.74, 6) is -0.808. The Labute approximate surface area is 196 Å². The number of halogens is 1. The molecule has 1 saturated heterocycles. The van der Waals surface area contributed by atoms with Gasteiger partial charge in [-0.25, -0.2) is 22.5 Å². The number of para-hydroxylation sites is 1. The highest BCUT2D eigenvalue weighted by Gasteiger charge is 2.32. The van der Waals surface area contributed by atoms with Crippen molar-refractivity contribution < 1.29 is 17.6 Å². The van der Waals surface area contributed by atoms with Crippen molar-refractivity contribution in [2.75, 3.05) is 16.8 Å². The van der Waals surface area contributed by atoms with E-state index in [1.807, 2.05) is 31.2 Å². The number of nitrogens with one attached hydrogen (secondary N) is 1. The Morgan fingerprint density at radius 2 is 1.85 bits per heavy atom. The number of carbonyl (C=O) groups excluding carboxylic acids is 1. The van der Waals surface area contributed by atoms with E-state index >= 15 is 0 Å². The molecule has 34 heavy (non-hydrogen) atoms. The number of sulfone groups is 1. The molecular formula is C25H23FN4O3S. The second-order valence-electron chi connectivity index (χ2n) is 8.59. The third-order valence-corrected chi connectivity index (χ3v) is 7.93. The number of aromatic nitrogens is 3. The van der Waals surface area contributed by atoms with Crippen LogP contribution < -0.4 is 5.32 Å². The maximum absolute atomic E-state index is 14.7. The van der Waals surface area contributed by atoms with Crippen molar-refractivity contribution in [1.82, 2.24) is 14.8 Å². The van der Waals surface area contributed by atoms with Crippen molar-refractivity contribution >= 4 is 32.5 Å². The monoisotopic (exact) mass is 478 g/mol.